The number of carbonyl (C=O) groups excluding carboxylic acids is 2. The van der Waals surface area contributed by atoms with Crippen LogP contribution >= 0.6 is 12.1 Å². The van der Waals surface area contributed by atoms with Gasteiger partial charge in [0.1, 0.15) is 5.41 Å². The summed E-state index contributed by atoms with van der Waals surface area (Å²) >= 11 is 1.17. The summed E-state index contributed by atoms with van der Waals surface area (Å²) in [4.78, 5) is 27.3. The highest BCUT2D eigenvalue weighted by Crippen LogP contribution is 2.43. The van der Waals surface area contributed by atoms with E-state index in [0.717, 1.165) is 48.9 Å². The van der Waals surface area contributed by atoms with Crippen LogP contribution in [0, 0.1) is 5.41 Å². The Labute approximate surface area is 237 Å². The summed E-state index contributed by atoms with van der Waals surface area (Å²) in [6.45, 7) is 5.56. The number of amides is 2. The van der Waals surface area contributed by atoms with Gasteiger partial charge in [-0.25, -0.2) is 18.4 Å². The number of hydrazone groups is 1. The van der Waals surface area contributed by atoms with Crippen molar-refractivity contribution in [2.75, 3.05) is 31.0 Å². The number of benzene rings is 2. The quantitative estimate of drug-likeness (QED) is 0.227. The molecule has 40 heavy (non-hydrogen) atoms. The van der Waals surface area contributed by atoms with Crippen LogP contribution < -0.4 is 4.31 Å². The van der Waals surface area contributed by atoms with Gasteiger partial charge in [0.05, 0.1) is 30.6 Å². The number of fused-ring (bicyclic) bond motifs is 3. The second-order valence-corrected chi connectivity index (χ2v) is 11.1. The molecule has 1 unspecified atom stereocenters. The maximum Gasteiger partial charge on any atom is 0.416 e. The number of methoxy groups -OCH3 is 1. The van der Waals surface area contributed by atoms with Gasteiger partial charge < -0.3 is 4.74 Å². The van der Waals surface area contributed by atoms with Crippen molar-refractivity contribution in [2.45, 2.75) is 58.5 Å². The molecule has 0 bridgehead atoms. The number of halogens is 3. The number of anilines is 1. The lowest BCUT2D eigenvalue weighted by Gasteiger charge is -2.33. The zero-order chi connectivity index (χ0) is 28.9. The average molecular weight is 577 g/mol. The van der Waals surface area contributed by atoms with Crippen LogP contribution in [0.5, 0.6) is 0 Å². The third-order valence-electron chi connectivity index (χ3n) is 7.31. The largest absolute Gasteiger partial charge is 0.468 e. The van der Waals surface area contributed by atoms with Crippen molar-refractivity contribution < 1.29 is 27.5 Å². The first kappa shape index (κ1) is 29.9. The molecular formula is C29H35F3N4O3S. The third-order valence-corrected chi connectivity index (χ3v) is 8.43. The fraction of sp³-hybridized carbons (Fsp3) is 0.483. The highest BCUT2D eigenvalue weighted by atomic mass is 32.2. The number of hydrogen-bond donors (Lipinski definition) is 0. The highest BCUT2D eigenvalue weighted by Gasteiger charge is 2.54. The van der Waals surface area contributed by atoms with E-state index < -0.39 is 29.2 Å². The Hall–Kier alpha value is -3.05. The van der Waals surface area contributed by atoms with Crippen LogP contribution in [0.1, 0.15) is 62.6 Å². The van der Waals surface area contributed by atoms with E-state index in [4.69, 9.17) is 4.74 Å². The molecule has 1 heterocycles. The molecule has 0 fully saturated rings. The fourth-order valence-corrected chi connectivity index (χ4v) is 6.07. The van der Waals surface area contributed by atoms with E-state index in [1.54, 1.807) is 0 Å². The van der Waals surface area contributed by atoms with E-state index >= 15 is 0 Å². The number of ether oxygens (including phenoxy) is 1. The molecular weight excluding hydrogens is 541 g/mol. The van der Waals surface area contributed by atoms with Crippen LogP contribution in [0.15, 0.2) is 53.6 Å². The molecule has 0 spiro atoms. The Morgan fingerprint density at radius 2 is 1.70 bits per heavy atom. The molecule has 11 heteroatoms. The number of alkyl halides is 3. The standard InChI is InChI=1S/C29H35F3N4O3S/c1-4-6-18-34(19-7-5-2)40-36(23-14-12-22(13-15-23)29(30,31)32)27(38)35-20-28(26(37)39-3)17-16-21-10-8-9-11-24(21)25(28)33-35/h8-15H,4-7,16-20H2,1-3H3. The molecule has 0 saturated heterocycles. The number of urea groups is 1. The summed E-state index contributed by atoms with van der Waals surface area (Å²) in [6.07, 6.45) is 0.291. The Bertz CT molecular complexity index is 1230. The van der Waals surface area contributed by atoms with Crippen molar-refractivity contribution in [3.8, 4) is 0 Å². The van der Waals surface area contributed by atoms with Crippen molar-refractivity contribution in [3.05, 3.63) is 65.2 Å². The number of esters is 1. The monoisotopic (exact) mass is 576 g/mol. The number of rotatable bonds is 10. The minimum atomic E-state index is -4.49. The summed E-state index contributed by atoms with van der Waals surface area (Å²) < 4.78 is 48.5. The third kappa shape index (κ3) is 6.15. The summed E-state index contributed by atoms with van der Waals surface area (Å²) in [5.41, 5.74) is 0.713. The molecule has 7 nitrogen and oxygen atoms in total. The minimum Gasteiger partial charge on any atom is -0.468 e. The Balaban J connectivity index is 1.72. The maximum atomic E-state index is 14.1. The zero-order valence-corrected chi connectivity index (χ0v) is 23.9. The smallest absolute Gasteiger partial charge is 0.416 e. The van der Waals surface area contributed by atoms with Crippen molar-refractivity contribution >= 4 is 35.5 Å². The Morgan fingerprint density at radius 1 is 1.05 bits per heavy atom. The molecule has 0 N–H and O–H groups in total. The van der Waals surface area contributed by atoms with E-state index in [2.05, 4.69) is 23.3 Å². The number of aryl methyl sites for hydroxylation is 1. The number of hydrogen-bond acceptors (Lipinski definition) is 6. The molecule has 2 aromatic rings. The van der Waals surface area contributed by atoms with Gasteiger partial charge >= 0.3 is 18.2 Å². The first-order valence-corrected chi connectivity index (χ1v) is 14.3. The molecule has 1 aliphatic carbocycles. The summed E-state index contributed by atoms with van der Waals surface area (Å²) in [5, 5.41) is 5.93. The molecule has 1 atom stereocenters. The second kappa shape index (κ2) is 12.6. The molecule has 216 valence electrons. The molecule has 2 aliphatic rings. The van der Waals surface area contributed by atoms with Gasteiger partial charge in [-0.1, -0.05) is 51.0 Å². The lowest BCUT2D eigenvalue weighted by molar-refractivity contribution is -0.149. The van der Waals surface area contributed by atoms with Crippen molar-refractivity contribution in [3.63, 3.8) is 0 Å². The van der Waals surface area contributed by atoms with E-state index in [1.807, 2.05) is 24.3 Å². The molecule has 2 amide bonds. The van der Waals surface area contributed by atoms with Gasteiger partial charge in [0.15, 0.2) is 0 Å². The lowest BCUT2D eigenvalue weighted by Crippen LogP contribution is -2.47. The zero-order valence-electron chi connectivity index (χ0n) is 23.0. The van der Waals surface area contributed by atoms with Gasteiger partial charge in [-0.2, -0.15) is 18.3 Å². The maximum absolute atomic E-state index is 14.1. The normalized spacial score (nSPS) is 18.3. The average Bonchev–Trinajstić information content (AvgIpc) is 3.37. The van der Waals surface area contributed by atoms with E-state index in [-0.39, 0.29) is 6.54 Å². The van der Waals surface area contributed by atoms with E-state index in [1.165, 1.54) is 40.7 Å². The van der Waals surface area contributed by atoms with Crippen LogP contribution in [0.2, 0.25) is 0 Å². The van der Waals surface area contributed by atoms with Gasteiger partial charge in [-0.3, -0.25) is 4.79 Å². The summed E-state index contributed by atoms with van der Waals surface area (Å²) in [5.74, 6) is -0.461. The highest BCUT2D eigenvalue weighted by molar-refractivity contribution is 7.99. The SMILES string of the molecule is CCCCN(CCCC)SN(C(=O)N1CC2(C(=O)OC)CCc3ccccc3C2=N1)c1ccc(C(F)(F)F)cc1. The van der Waals surface area contributed by atoms with Gasteiger partial charge in [0.2, 0.25) is 0 Å². The number of nitrogens with zero attached hydrogens (tertiary/aromatic N) is 4. The number of unbranched alkanes of at least 4 members (excludes halogenated alkanes) is 2. The van der Waals surface area contributed by atoms with Crippen LogP contribution in [-0.2, 0) is 22.1 Å². The van der Waals surface area contributed by atoms with Crippen molar-refractivity contribution in [2.24, 2.45) is 10.5 Å². The molecule has 1 aliphatic heterocycles. The van der Waals surface area contributed by atoms with Gasteiger partial charge in [0.25, 0.3) is 0 Å². The van der Waals surface area contributed by atoms with Gasteiger partial charge in [0, 0.05) is 30.8 Å². The molecule has 0 radical (unpaired) electrons. The summed E-state index contributed by atoms with van der Waals surface area (Å²) in [6, 6.07) is 11.7. The predicted molar refractivity (Wildman–Crippen MR) is 151 cm³/mol. The van der Waals surface area contributed by atoms with Gasteiger partial charge in [-0.15, -0.1) is 0 Å². The molecule has 4 rings (SSSR count). The van der Waals surface area contributed by atoms with Crippen LogP contribution in [-0.4, -0.2) is 53.8 Å². The predicted octanol–water partition coefficient (Wildman–Crippen LogP) is 6.92. The summed E-state index contributed by atoms with van der Waals surface area (Å²) in [7, 11) is 1.32. The number of carbonyl (C=O) groups is 2. The molecule has 0 aromatic heterocycles. The van der Waals surface area contributed by atoms with Crippen LogP contribution in [0.3, 0.4) is 0 Å². The first-order chi connectivity index (χ1) is 19.1. The van der Waals surface area contributed by atoms with E-state index in [0.29, 0.717) is 37.3 Å². The van der Waals surface area contributed by atoms with Crippen LogP contribution in [0.4, 0.5) is 23.7 Å². The molecule has 2 aromatic carbocycles. The Kier molecular flexibility index (Phi) is 9.45. The Morgan fingerprint density at radius 3 is 2.30 bits per heavy atom. The van der Waals surface area contributed by atoms with Crippen molar-refractivity contribution in [1.29, 1.82) is 0 Å². The fourth-order valence-electron chi connectivity index (χ4n) is 5.04. The molecule has 0 saturated carbocycles. The van der Waals surface area contributed by atoms with Crippen LogP contribution in [0.25, 0.3) is 0 Å². The second-order valence-electron chi connectivity index (χ2n) is 10.1. The van der Waals surface area contributed by atoms with E-state index in [9.17, 15) is 22.8 Å². The lowest BCUT2D eigenvalue weighted by atomic mass is 9.70. The van der Waals surface area contributed by atoms with Crippen molar-refractivity contribution in [1.82, 2.24) is 9.31 Å². The topological polar surface area (TPSA) is 65.5 Å². The first-order valence-electron chi connectivity index (χ1n) is 13.6. The minimum absolute atomic E-state index is 0.0101. The van der Waals surface area contributed by atoms with Gasteiger partial charge in [-0.05, 0) is 55.5 Å².